The molecule has 1 fully saturated rings. The second-order valence-electron chi connectivity index (χ2n) is 3.71. The molecule has 0 unspecified atom stereocenters. The van der Waals surface area contributed by atoms with Crippen LogP contribution in [-0.4, -0.2) is 43.0 Å². The highest BCUT2D eigenvalue weighted by Gasteiger charge is 2.20. The highest BCUT2D eigenvalue weighted by molar-refractivity contribution is 5.85. The third-order valence-electron chi connectivity index (χ3n) is 2.38. The van der Waals surface area contributed by atoms with Gasteiger partial charge < -0.3 is 15.5 Å². The molecule has 15 heavy (non-hydrogen) atoms. The van der Waals surface area contributed by atoms with E-state index in [1.165, 1.54) is 0 Å². The van der Waals surface area contributed by atoms with Crippen molar-refractivity contribution in [1.29, 1.82) is 0 Å². The van der Waals surface area contributed by atoms with Crippen LogP contribution in [0.1, 0.15) is 26.2 Å². The molecule has 1 rings (SSSR count). The summed E-state index contributed by atoms with van der Waals surface area (Å²) in [5.41, 5.74) is 0. The zero-order valence-corrected chi connectivity index (χ0v) is 9.21. The first-order valence-corrected chi connectivity index (χ1v) is 5.53. The number of piperazine rings is 1. The number of unbranched alkanes of at least 4 members (excludes halogenated alkanes) is 2. The maximum absolute atomic E-state index is 11.5. The summed E-state index contributed by atoms with van der Waals surface area (Å²) >= 11 is 0. The average molecular weight is 213 g/mol. The number of rotatable bonds is 4. The summed E-state index contributed by atoms with van der Waals surface area (Å²) in [6.07, 6.45) is 3.27. The standard InChI is InChI=1S/C10H19N3O2/c1-2-3-4-5-12-10(15)13-7-6-11-9(14)8-13/h2-8H2,1H3,(H,11,14)(H,12,15). The Balaban J connectivity index is 2.18. The van der Waals surface area contributed by atoms with E-state index in [4.69, 9.17) is 0 Å². The Labute approximate surface area is 90.2 Å². The first kappa shape index (κ1) is 11.8. The number of nitrogens with one attached hydrogen (secondary N) is 2. The highest BCUT2D eigenvalue weighted by Crippen LogP contribution is 1.95. The highest BCUT2D eigenvalue weighted by atomic mass is 16.2. The molecule has 2 N–H and O–H groups in total. The Bertz CT molecular complexity index is 231. The lowest BCUT2D eigenvalue weighted by atomic mass is 10.2. The summed E-state index contributed by atoms with van der Waals surface area (Å²) < 4.78 is 0. The minimum atomic E-state index is -0.124. The molecule has 0 aromatic heterocycles. The Kier molecular flexibility index (Phi) is 4.93. The summed E-state index contributed by atoms with van der Waals surface area (Å²) in [7, 11) is 0. The van der Waals surface area contributed by atoms with Crippen LogP contribution >= 0.6 is 0 Å². The molecule has 0 atom stereocenters. The molecule has 3 amide bonds. The Morgan fingerprint density at radius 2 is 2.33 bits per heavy atom. The molecule has 5 nitrogen and oxygen atoms in total. The predicted molar refractivity (Wildman–Crippen MR) is 57.5 cm³/mol. The molecule has 0 aliphatic carbocycles. The van der Waals surface area contributed by atoms with Crippen molar-refractivity contribution in [1.82, 2.24) is 15.5 Å². The van der Waals surface area contributed by atoms with Gasteiger partial charge in [0.05, 0.1) is 0 Å². The van der Waals surface area contributed by atoms with Gasteiger partial charge in [-0.25, -0.2) is 4.79 Å². The molecule has 0 saturated carbocycles. The summed E-state index contributed by atoms with van der Waals surface area (Å²) in [5.74, 6) is -0.0787. The van der Waals surface area contributed by atoms with Gasteiger partial charge in [-0.15, -0.1) is 0 Å². The van der Waals surface area contributed by atoms with E-state index in [9.17, 15) is 9.59 Å². The van der Waals surface area contributed by atoms with E-state index in [0.29, 0.717) is 19.6 Å². The number of carbonyl (C=O) groups excluding carboxylic acids is 2. The van der Waals surface area contributed by atoms with Gasteiger partial charge in [0.15, 0.2) is 0 Å². The number of carbonyl (C=O) groups is 2. The maximum atomic E-state index is 11.5. The van der Waals surface area contributed by atoms with Gasteiger partial charge >= 0.3 is 6.03 Å². The van der Waals surface area contributed by atoms with Crippen LogP contribution in [-0.2, 0) is 4.79 Å². The van der Waals surface area contributed by atoms with Crippen LogP contribution in [0.5, 0.6) is 0 Å². The van der Waals surface area contributed by atoms with Crippen LogP contribution < -0.4 is 10.6 Å². The largest absolute Gasteiger partial charge is 0.353 e. The molecular formula is C10H19N3O2. The van der Waals surface area contributed by atoms with Crippen LogP contribution in [0.2, 0.25) is 0 Å². The van der Waals surface area contributed by atoms with E-state index in [2.05, 4.69) is 17.6 Å². The minimum absolute atomic E-state index is 0.0787. The third-order valence-corrected chi connectivity index (χ3v) is 2.38. The third kappa shape index (κ3) is 4.18. The van der Waals surface area contributed by atoms with Crippen molar-refractivity contribution in [3.8, 4) is 0 Å². The average Bonchev–Trinajstić information content (AvgIpc) is 2.24. The molecule has 0 radical (unpaired) electrons. The molecule has 0 aromatic rings. The smallest absolute Gasteiger partial charge is 0.317 e. The Hall–Kier alpha value is -1.26. The molecular weight excluding hydrogens is 194 g/mol. The fraction of sp³-hybridized carbons (Fsp3) is 0.800. The van der Waals surface area contributed by atoms with Crippen molar-refractivity contribution in [3.05, 3.63) is 0 Å². The fourth-order valence-corrected chi connectivity index (χ4v) is 1.49. The maximum Gasteiger partial charge on any atom is 0.317 e. The lowest BCUT2D eigenvalue weighted by molar-refractivity contribution is -0.123. The van der Waals surface area contributed by atoms with Crippen molar-refractivity contribution < 1.29 is 9.59 Å². The summed E-state index contributed by atoms with van der Waals surface area (Å²) in [6, 6.07) is -0.124. The van der Waals surface area contributed by atoms with Gasteiger partial charge in [-0.3, -0.25) is 4.79 Å². The number of nitrogens with zero attached hydrogens (tertiary/aromatic N) is 1. The Morgan fingerprint density at radius 3 is 3.00 bits per heavy atom. The lowest BCUT2D eigenvalue weighted by Crippen LogP contribution is -2.53. The van der Waals surface area contributed by atoms with E-state index in [1.54, 1.807) is 4.90 Å². The summed E-state index contributed by atoms with van der Waals surface area (Å²) in [5, 5.41) is 5.50. The van der Waals surface area contributed by atoms with Gasteiger partial charge in [-0.05, 0) is 6.42 Å². The SMILES string of the molecule is CCCCCNC(=O)N1CCNC(=O)C1. The van der Waals surface area contributed by atoms with E-state index >= 15 is 0 Å². The van der Waals surface area contributed by atoms with E-state index in [-0.39, 0.29) is 18.5 Å². The normalized spacial score (nSPS) is 16.1. The van der Waals surface area contributed by atoms with Crippen molar-refractivity contribution >= 4 is 11.9 Å². The summed E-state index contributed by atoms with van der Waals surface area (Å²) in [6.45, 7) is 4.16. The van der Waals surface area contributed by atoms with Crippen molar-refractivity contribution in [2.45, 2.75) is 26.2 Å². The van der Waals surface area contributed by atoms with Crippen LogP contribution in [0.3, 0.4) is 0 Å². The molecule has 0 bridgehead atoms. The number of hydrogen-bond acceptors (Lipinski definition) is 2. The Morgan fingerprint density at radius 1 is 1.53 bits per heavy atom. The van der Waals surface area contributed by atoms with Crippen LogP contribution in [0.25, 0.3) is 0 Å². The topological polar surface area (TPSA) is 61.4 Å². The molecule has 1 heterocycles. The number of amides is 3. The molecule has 86 valence electrons. The molecule has 1 saturated heterocycles. The van der Waals surface area contributed by atoms with E-state index < -0.39 is 0 Å². The zero-order valence-electron chi connectivity index (χ0n) is 9.21. The quantitative estimate of drug-likeness (QED) is 0.661. The van der Waals surface area contributed by atoms with Crippen LogP contribution in [0.15, 0.2) is 0 Å². The summed E-state index contributed by atoms with van der Waals surface area (Å²) in [4.78, 5) is 24.1. The van der Waals surface area contributed by atoms with Gasteiger partial charge in [-0.2, -0.15) is 0 Å². The van der Waals surface area contributed by atoms with Crippen LogP contribution in [0.4, 0.5) is 4.79 Å². The second kappa shape index (κ2) is 6.27. The predicted octanol–water partition coefficient (Wildman–Crippen LogP) is 0.318. The van der Waals surface area contributed by atoms with Crippen molar-refractivity contribution in [2.75, 3.05) is 26.2 Å². The van der Waals surface area contributed by atoms with Crippen molar-refractivity contribution in [3.63, 3.8) is 0 Å². The molecule has 1 aliphatic rings. The molecule has 0 spiro atoms. The van der Waals surface area contributed by atoms with Gasteiger partial charge in [0.25, 0.3) is 0 Å². The first-order chi connectivity index (χ1) is 7.24. The lowest BCUT2D eigenvalue weighted by Gasteiger charge is -2.26. The minimum Gasteiger partial charge on any atom is -0.353 e. The van der Waals surface area contributed by atoms with Gasteiger partial charge in [0.1, 0.15) is 6.54 Å². The van der Waals surface area contributed by atoms with Crippen LogP contribution in [0, 0.1) is 0 Å². The fourth-order valence-electron chi connectivity index (χ4n) is 1.49. The molecule has 0 aromatic carbocycles. The second-order valence-corrected chi connectivity index (χ2v) is 3.71. The van der Waals surface area contributed by atoms with Gasteiger partial charge in [0, 0.05) is 19.6 Å². The van der Waals surface area contributed by atoms with Gasteiger partial charge in [-0.1, -0.05) is 19.8 Å². The zero-order chi connectivity index (χ0) is 11.1. The first-order valence-electron chi connectivity index (χ1n) is 5.53. The van der Waals surface area contributed by atoms with E-state index in [0.717, 1.165) is 19.3 Å². The molecule has 1 aliphatic heterocycles. The number of urea groups is 1. The van der Waals surface area contributed by atoms with Crippen molar-refractivity contribution in [2.24, 2.45) is 0 Å². The van der Waals surface area contributed by atoms with E-state index in [1.807, 2.05) is 0 Å². The number of hydrogen-bond donors (Lipinski definition) is 2. The van der Waals surface area contributed by atoms with Gasteiger partial charge in [0.2, 0.25) is 5.91 Å². The molecule has 5 heteroatoms. The monoisotopic (exact) mass is 213 g/mol.